The minimum atomic E-state index is 0.144. The molecule has 1 saturated carbocycles. The fraction of sp³-hybridized carbons (Fsp3) is 0.875. The first-order chi connectivity index (χ1) is 4.75. The molecule has 0 heterocycles. The molecule has 0 unspecified atom stereocenters. The number of halogens is 1. The summed E-state index contributed by atoms with van der Waals surface area (Å²) in [5.74, 6) is 0.845. The Labute approximate surface area is 70.3 Å². The third-order valence-corrected chi connectivity index (χ3v) is 2.74. The molecule has 0 aromatic rings. The monoisotopic (exact) mass is 204 g/mol. The molecule has 0 radical (unpaired) electrons. The largest absolute Gasteiger partial charge is 0.298 e. The molecule has 58 valence electrons. The van der Waals surface area contributed by atoms with Crippen molar-refractivity contribution in [1.82, 2.24) is 0 Å². The lowest BCUT2D eigenvalue weighted by Gasteiger charge is -2.04. The van der Waals surface area contributed by atoms with E-state index in [4.69, 9.17) is 0 Å². The van der Waals surface area contributed by atoms with Gasteiger partial charge in [0.1, 0.15) is 5.78 Å². The highest BCUT2D eigenvalue weighted by atomic mass is 79.9. The fourth-order valence-corrected chi connectivity index (χ4v) is 1.85. The quantitative estimate of drug-likeness (QED) is 0.644. The van der Waals surface area contributed by atoms with Gasteiger partial charge in [0.2, 0.25) is 0 Å². The zero-order valence-corrected chi connectivity index (χ0v) is 7.86. The maximum atomic E-state index is 11.2. The molecule has 0 amide bonds. The Morgan fingerprint density at radius 1 is 1.70 bits per heavy atom. The highest BCUT2D eigenvalue weighted by Gasteiger charge is 2.32. The lowest BCUT2D eigenvalue weighted by Crippen LogP contribution is -2.14. The zero-order chi connectivity index (χ0) is 7.56. The average molecular weight is 205 g/mol. The molecule has 1 atom stereocenters. The van der Waals surface area contributed by atoms with Crippen molar-refractivity contribution in [3.8, 4) is 0 Å². The van der Waals surface area contributed by atoms with Crippen LogP contribution in [0.2, 0.25) is 0 Å². The van der Waals surface area contributed by atoms with Crippen LogP contribution >= 0.6 is 15.9 Å². The van der Waals surface area contributed by atoms with Crippen molar-refractivity contribution in [3.05, 3.63) is 0 Å². The topological polar surface area (TPSA) is 17.1 Å². The first kappa shape index (κ1) is 8.25. The summed E-state index contributed by atoms with van der Waals surface area (Å²) in [5.41, 5.74) is 0. The van der Waals surface area contributed by atoms with Crippen LogP contribution in [-0.4, -0.2) is 10.6 Å². The SMILES string of the molecule is CCC[C@@H](Br)C(=O)C1CC1. The summed E-state index contributed by atoms with van der Waals surface area (Å²) in [5, 5.41) is 0. The maximum absolute atomic E-state index is 11.2. The van der Waals surface area contributed by atoms with E-state index in [0.717, 1.165) is 25.7 Å². The van der Waals surface area contributed by atoms with Gasteiger partial charge in [0, 0.05) is 5.92 Å². The van der Waals surface area contributed by atoms with Gasteiger partial charge in [0.05, 0.1) is 4.83 Å². The molecule has 1 rings (SSSR count). The van der Waals surface area contributed by atoms with Crippen LogP contribution in [0, 0.1) is 5.92 Å². The van der Waals surface area contributed by atoms with E-state index in [2.05, 4.69) is 22.9 Å². The van der Waals surface area contributed by atoms with Gasteiger partial charge in [-0.2, -0.15) is 0 Å². The third-order valence-electron chi connectivity index (χ3n) is 1.83. The molecular weight excluding hydrogens is 192 g/mol. The van der Waals surface area contributed by atoms with Gasteiger partial charge in [-0.3, -0.25) is 4.79 Å². The normalized spacial score (nSPS) is 20.6. The number of Topliss-reactive ketones (excluding diaryl/α,β-unsaturated/α-hetero) is 1. The van der Waals surface area contributed by atoms with E-state index in [-0.39, 0.29) is 4.83 Å². The molecule has 1 fully saturated rings. The van der Waals surface area contributed by atoms with E-state index >= 15 is 0 Å². The number of carbonyl (C=O) groups is 1. The molecule has 2 heteroatoms. The summed E-state index contributed by atoms with van der Waals surface area (Å²) in [6.45, 7) is 2.11. The summed E-state index contributed by atoms with van der Waals surface area (Å²) in [6, 6.07) is 0. The molecule has 0 aromatic heterocycles. The van der Waals surface area contributed by atoms with Gasteiger partial charge in [-0.15, -0.1) is 0 Å². The Balaban J connectivity index is 2.24. The van der Waals surface area contributed by atoms with Crippen molar-refractivity contribution in [3.63, 3.8) is 0 Å². The molecule has 0 aliphatic heterocycles. The Morgan fingerprint density at radius 2 is 2.30 bits per heavy atom. The number of hydrogen-bond donors (Lipinski definition) is 0. The fourth-order valence-electron chi connectivity index (χ4n) is 1.02. The second kappa shape index (κ2) is 3.51. The van der Waals surface area contributed by atoms with E-state index in [1.165, 1.54) is 0 Å². The second-order valence-corrected chi connectivity index (χ2v) is 4.04. The molecule has 0 aromatic carbocycles. The molecule has 1 aliphatic rings. The number of ketones is 1. The van der Waals surface area contributed by atoms with Crippen molar-refractivity contribution in [2.45, 2.75) is 37.4 Å². The van der Waals surface area contributed by atoms with Crippen molar-refractivity contribution >= 4 is 21.7 Å². The van der Waals surface area contributed by atoms with Crippen LogP contribution in [0.3, 0.4) is 0 Å². The average Bonchev–Trinajstić information content (AvgIpc) is 2.68. The first-order valence-electron chi connectivity index (χ1n) is 3.93. The van der Waals surface area contributed by atoms with Crippen LogP contribution in [0.5, 0.6) is 0 Å². The molecule has 1 aliphatic carbocycles. The summed E-state index contributed by atoms with van der Waals surface area (Å²) in [6.07, 6.45) is 4.35. The molecule has 0 bridgehead atoms. The maximum Gasteiger partial charge on any atom is 0.149 e. The van der Waals surface area contributed by atoms with Crippen LogP contribution in [0.15, 0.2) is 0 Å². The minimum Gasteiger partial charge on any atom is -0.298 e. The highest BCUT2D eigenvalue weighted by Crippen LogP contribution is 2.33. The van der Waals surface area contributed by atoms with Crippen LogP contribution in [0.25, 0.3) is 0 Å². The van der Waals surface area contributed by atoms with E-state index in [9.17, 15) is 4.79 Å². The second-order valence-electron chi connectivity index (χ2n) is 2.93. The van der Waals surface area contributed by atoms with E-state index < -0.39 is 0 Å². The van der Waals surface area contributed by atoms with Crippen molar-refractivity contribution in [2.75, 3.05) is 0 Å². The van der Waals surface area contributed by atoms with Gasteiger partial charge < -0.3 is 0 Å². The van der Waals surface area contributed by atoms with Gasteiger partial charge in [0.25, 0.3) is 0 Å². The van der Waals surface area contributed by atoms with Crippen LogP contribution in [-0.2, 0) is 4.79 Å². The van der Waals surface area contributed by atoms with E-state index in [1.54, 1.807) is 0 Å². The lowest BCUT2D eigenvalue weighted by atomic mass is 10.1. The number of alkyl halides is 1. The lowest BCUT2D eigenvalue weighted by molar-refractivity contribution is -0.119. The van der Waals surface area contributed by atoms with Gasteiger partial charge in [-0.1, -0.05) is 29.3 Å². The number of rotatable bonds is 4. The Morgan fingerprint density at radius 3 is 2.70 bits per heavy atom. The highest BCUT2D eigenvalue weighted by molar-refractivity contribution is 9.10. The predicted octanol–water partition coefficient (Wildman–Crippen LogP) is 2.53. The predicted molar refractivity (Wildman–Crippen MR) is 45.4 cm³/mol. The van der Waals surface area contributed by atoms with E-state index in [1.807, 2.05) is 0 Å². The number of hydrogen-bond acceptors (Lipinski definition) is 1. The Bertz CT molecular complexity index is 129. The third kappa shape index (κ3) is 2.08. The molecule has 10 heavy (non-hydrogen) atoms. The molecular formula is C8H13BrO. The van der Waals surface area contributed by atoms with Crippen LogP contribution < -0.4 is 0 Å². The van der Waals surface area contributed by atoms with Gasteiger partial charge >= 0.3 is 0 Å². The Kier molecular flexibility index (Phi) is 2.90. The van der Waals surface area contributed by atoms with Crippen LogP contribution in [0.1, 0.15) is 32.6 Å². The summed E-state index contributed by atoms with van der Waals surface area (Å²) < 4.78 is 0. The van der Waals surface area contributed by atoms with E-state index in [0.29, 0.717) is 11.7 Å². The summed E-state index contributed by atoms with van der Waals surface area (Å²) in [7, 11) is 0. The van der Waals surface area contributed by atoms with Gasteiger partial charge in [0.15, 0.2) is 0 Å². The first-order valence-corrected chi connectivity index (χ1v) is 4.85. The molecule has 0 N–H and O–H groups in total. The van der Waals surface area contributed by atoms with Crippen molar-refractivity contribution in [1.29, 1.82) is 0 Å². The molecule has 1 nitrogen and oxygen atoms in total. The minimum absolute atomic E-state index is 0.144. The van der Waals surface area contributed by atoms with Crippen LogP contribution in [0.4, 0.5) is 0 Å². The molecule has 0 spiro atoms. The van der Waals surface area contributed by atoms with Crippen molar-refractivity contribution in [2.24, 2.45) is 5.92 Å². The van der Waals surface area contributed by atoms with Gasteiger partial charge in [-0.05, 0) is 19.3 Å². The standard InChI is InChI=1S/C8H13BrO/c1-2-3-7(9)8(10)6-4-5-6/h6-7H,2-5H2,1H3/t7-/m1/s1. The van der Waals surface area contributed by atoms with Gasteiger partial charge in [-0.25, -0.2) is 0 Å². The Hall–Kier alpha value is 0.150. The number of carbonyl (C=O) groups excluding carboxylic acids is 1. The van der Waals surface area contributed by atoms with Crippen molar-refractivity contribution < 1.29 is 4.79 Å². The zero-order valence-electron chi connectivity index (χ0n) is 6.27. The summed E-state index contributed by atoms with van der Waals surface area (Å²) >= 11 is 3.39. The smallest absolute Gasteiger partial charge is 0.149 e. The summed E-state index contributed by atoms with van der Waals surface area (Å²) in [4.78, 5) is 11.4. The molecule has 0 saturated heterocycles.